The number of thiophene rings is 1. The molecule has 0 fully saturated rings. The molecule has 0 aliphatic rings. The maximum Gasteiger partial charge on any atom is 0.326 e. The Morgan fingerprint density at radius 3 is 2.73 bits per heavy atom. The third-order valence-corrected chi connectivity index (χ3v) is 5.00. The quantitative estimate of drug-likeness (QED) is 0.622. The van der Waals surface area contributed by atoms with Gasteiger partial charge in [-0.3, -0.25) is 14.2 Å². The van der Waals surface area contributed by atoms with E-state index in [4.69, 9.17) is 9.47 Å². The highest BCUT2D eigenvalue weighted by molar-refractivity contribution is 7.21. The van der Waals surface area contributed by atoms with Crippen molar-refractivity contribution in [2.75, 3.05) is 13.7 Å². The van der Waals surface area contributed by atoms with Gasteiger partial charge in [-0.1, -0.05) is 30.3 Å². The van der Waals surface area contributed by atoms with Gasteiger partial charge in [0.2, 0.25) is 0 Å². The number of rotatable bonds is 6. The van der Waals surface area contributed by atoms with E-state index in [1.807, 2.05) is 36.4 Å². The summed E-state index contributed by atoms with van der Waals surface area (Å²) in [6, 6.07) is 11.7. The number of ether oxygens (including phenoxy) is 2. The molecule has 2 heterocycles. The van der Waals surface area contributed by atoms with Crippen LogP contribution in [0.2, 0.25) is 0 Å². The van der Waals surface area contributed by atoms with Gasteiger partial charge in [0.1, 0.15) is 23.3 Å². The number of carbonyl (C=O) groups excluding carboxylic acids is 1. The Labute approximate surface area is 155 Å². The molecule has 0 N–H and O–H groups in total. The van der Waals surface area contributed by atoms with Crippen LogP contribution in [-0.4, -0.2) is 35.3 Å². The SMILES string of the molecule is COCC(C)OC(=O)Cn1c(C)nc2sc(-c3ccccc3)cc2c1=O. The minimum atomic E-state index is -0.487. The summed E-state index contributed by atoms with van der Waals surface area (Å²) >= 11 is 1.47. The number of hydrogen-bond acceptors (Lipinski definition) is 6. The van der Waals surface area contributed by atoms with Crippen LogP contribution in [-0.2, 0) is 20.8 Å². The Kier molecular flexibility index (Phi) is 5.49. The average Bonchev–Trinajstić information content (AvgIpc) is 3.03. The first-order chi connectivity index (χ1) is 12.5. The summed E-state index contributed by atoms with van der Waals surface area (Å²) < 4.78 is 11.5. The fraction of sp³-hybridized carbons (Fsp3) is 0.316. The van der Waals surface area contributed by atoms with Crippen LogP contribution in [0, 0.1) is 6.92 Å². The number of fused-ring (bicyclic) bond motifs is 1. The molecule has 7 heteroatoms. The normalized spacial score (nSPS) is 12.3. The Morgan fingerprint density at radius 1 is 1.31 bits per heavy atom. The highest BCUT2D eigenvalue weighted by Gasteiger charge is 2.16. The van der Waals surface area contributed by atoms with Crippen molar-refractivity contribution in [3.8, 4) is 10.4 Å². The standard InChI is InChI=1S/C19H20N2O4S/c1-12(11-24-3)25-17(22)10-21-13(2)20-18-15(19(21)23)9-16(26-18)14-7-5-4-6-8-14/h4-9,12H,10-11H2,1-3H3. The molecule has 3 aromatic rings. The highest BCUT2D eigenvalue weighted by Crippen LogP contribution is 2.30. The summed E-state index contributed by atoms with van der Waals surface area (Å²) in [5.41, 5.74) is 0.800. The van der Waals surface area contributed by atoms with Crippen LogP contribution in [0.3, 0.4) is 0 Å². The lowest BCUT2D eigenvalue weighted by molar-refractivity contribution is -0.151. The van der Waals surface area contributed by atoms with Gasteiger partial charge in [0.25, 0.3) is 5.56 Å². The second kappa shape index (κ2) is 7.80. The van der Waals surface area contributed by atoms with Crippen molar-refractivity contribution in [2.24, 2.45) is 0 Å². The van der Waals surface area contributed by atoms with Crippen LogP contribution in [0.15, 0.2) is 41.2 Å². The van der Waals surface area contributed by atoms with E-state index in [-0.39, 0.29) is 18.2 Å². The molecule has 0 aliphatic carbocycles. The van der Waals surface area contributed by atoms with Gasteiger partial charge < -0.3 is 9.47 Å². The van der Waals surface area contributed by atoms with Gasteiger partial charge in [0.05, 0.1) is 12.0 Å². The van der Waals surface area contributed by atoms with Gasteiger partial charge >= 0.3 is 5.97 Å². The molecule has 0 radical (unpaired) electrons. The molecule has 0 spiro atoms. The third kappa shape index (κ3) is 3.84. The topological polar surface area (TPSA) is 70.4 Å². The van der Waals surface area contributed by atoms with Crippen molar-refractivity contribution in [1.29, 1.82) is 0 Å². The largest absolute Gasteiger partial charge is 0.459 e. The predicted octanol–water partition coefficient (Wildman–Crippen LogP) is 3.01. The maximum atomic E-state index is 12.8. The Morgan fingerprint density at radius 2 is 2.04 bits per heavy atom. The molecule has 6 nitrogen and oxygen atoms in total. The second-order valence-electron chi connectivity index (χ2n) is 6.00. The Hall–Kier alpha value is -2.51. The molecular weight excluding hydrogens is 352 g/mol. The van der Waals surface area contributed by atoms with E-state index >= 15 is 0 Å². The number of esters is 1. The Balaban J connectivity index is 1.92. The maximum absolute atomic E-state index is 12.8. The number of methoxy groups -OCH3 is 1. The first kappa shape index (κ1) is 18.3. The monoisotopic (exact) mass is 372 g/mol. The van der Waals surface area contributed by atoms with Gasteiger partial charge in [-0.05, 0) is 25.5 Å². The van der Waals surface area contributed by atoms with Gasteiger partial charge in [-0.25, -0.2) is 4.98 Å². The molecule has 0 amide bonds. The van der Waals surface area contributed by atoms with Crippen molar-refractivity contribution in [1.82, 2.24) is 9.55 Å². The van der Waals surface area contributed by atoms with Crippen LogP contribution in [0.25, 0.3) is 20.7 Å². The molecule has 3 rings (SSSR count). The second-order valence-corrected chi connectivity index (χ2v) is 7.03. The minimum Gasteiger partial charge on any atom is -0.459 e. The van der Waals surface area contributed by atoms with Crippen molar-refractivity contribution in [2.45, 2.75) is 26.5 Å². The zero-order valence-corrected chi connectivity index (χ0v) is 15.7. The fourth-order valence-electron chi connectivity index (χ4n) is 2.71. The molecule has 2 aromatic heterocycles. The zero-order chi connectivity index (χ0) is 18.7. The van der Waals surface area contributed by atoms with Crippen molar-refractivity contribution in [3.05, 3.63) is 52.6 Å². The number of aromatic nitrogens is 2. The van der Waals surface area contributed by atoms with Gasteiger partial charge in [0, 0.05) is 12.0 Å². The highest BCUT2D eigenvalue weighted by atomic mass is 32.1. The first-order valence-electron chi connectivity index (χ1n) is 8.24. The number of nitrogens with zero attached hydrogens (tertiary/aromatic N) is 2. The number of carbonyl (C=O) groups is 1. The van der Waals surface area contributed by atoms with Gasteiger partial charge in [-0.2, -0.15) is 0 Å². The van der Waals surface area contributed by atoms with Crippen LogP contribution in [0.1, 0.15) is 12.7 Å². The molecule has 136 valence electrons. The molecule has 26 heavy (non-hydrogen) atoms. The van der Waals surface area contributed by atoms with E-state index in [9.17, 15) is 9.59 Å². The molecule has 1 unspecified atom stereocenters. The van der Waals surface area contributed by atoms with E-state index in [1.54, 1.807) is 13.8 Å². The van der Waals surface area contributed by atoms with Crippen LogP contribution in [0.4, 0.5) is 0 Å². The summed E-state index contributed by atoms with van der Waals surface area (Å²) in [4.78, 5) is 31.1. The zero-order valence-electron chi connectivity index (χ0n) is 14.9. The predicted molar refractivity (Wildman–Crippen MR) is 101 cm³/mol. The van der Waals surface area contributed by atoms with Crippen LogP contribution < -0.4 is 5.56 Å². The fourth-order valence-corrected chi connectivity index (χ4v) is 3.78. The van der Waals surface area contributed by atoms with Gasteiger partial charge in [0.15, 0.2) is 0 Å². The lowest BCUT2D eigenvalue weighted by Crippen LogP contribution is -2.30. The molecule has 0 saturated carbocycles. The van der Waals surface area contributed by atoms with Crippen molar-refractivity contribution < 1.29 is 14.3 Å². The van der Waals surface area contributed by atoms with E-state index in [0.717, 1.165) is 10.4 Å². The Bertz CT molecular complexity index is 978. The first-order valence-corrected chi connectivity index (χ1v) is 9.06. The van der Waals surface area contributed by atoms with Crippen LogP contribution >= 0.6 is 11.3 Å². The number of aryl methyl sites for hydroxylation is 1. The van der Waals surface area contributed by atoms with Crippen molar-refractivity contribution >= 4 is 27.5 Å². The third-order valence-electron chi connectivity index (χ3n) is 3.92. The van der Waals surface area contributed by atoms with E-state index in [2.05, 4.69) is 4.98 Å². The summed E-state index contributed by atoms with van der Waals surface area (Å²) in [6.45, 7) is 3.60. The van der Waals surface area contributed by atoms with E-state index in [0.29, 0.717) is 22.6 Å². The molecule has 0 bridgehead atoms. The lowest BCUT2D eigenvalue weighted by atomic mass is 10.2. The van der Waals surface area contributed by atoms with E-state index < -0.39 is 5.97 Å². The van der Waals surface area contributed by atoms with E-state index in [1.165, 1.54) is 23.0 Å². The molecule has 1 atom stereocenters. The summed E-state index contributed by atoms with van der Waals surface area (Å²) in [5, 5.41) is 0.511. The smallest absolute Gasteiger partial charge is 0.326 e. The molecule has 0 aliphatic heterocycles. The lowest BCUT2D eigenvalue weighted by Gasteiger charge is -2.13. The van der Waals surface area contributed by atoms with Crippen LogP contribution in [0.5, 0.6) is 0 Å². The minimum absolute atomic E-state index is 0.168. The number of benzene rings is 1. The summed E-state index contributed by atoms with van der Waals surface area (Å²) in [6.07, 6.45) is -0.369. The molecular formula is C19H20N2O4S. The summed E-state index contributed by atoms with van der Waals surface area (Å²) in [5.74, 6) is -0.000260. The van der Waals surface area contributed by atoms with Gasteiger partial charge in [-0.15, -0.1) is 11.3 Å². The summed E-state index contributed by atoms with van der Waals surface area (Å²) in [7, 11) is 1.54. The number of hydrogen-bond donors (Lipinski definition) is 0. The average molecular weight is 372 g/mol. The molecule has 1 aromatic carbocycles. The van der Waals surface area contributed by atoms with Crippen molar-refractivity contribution in [3.63, 3.8) is 0 Å². The molecule has 0 saturated heterocycles.